The summed E-state index contributed by atoms with van der Waals surface area (Å²) in [5, 5.41) is 3.03. The third-order valence-corrected chi connectivity index (χ3v) is 8.23. The smallest absolute Gasteiger partial charge is 0.321 e. The van der Waals surface area contributed by atoms with Crippen LogP contribution in [0, 0.1) is 6.92 Å². The van der Waals surface area contributed by atoms with Crippen LogP contribution in [0.3, 0.4) is 0 Å². The lowest BCUT2D eigenvalue weighted by Gasteiger charge is -2.33. The van der Waals surface area contributed by atoms with Crippen LogP contribution in [-0.2, 0) is 11.2 Å². The number of allylic oxidation sites excluding steroid dienone is 1. The molecule has 0 atom stereocenters. The number of fused-ring (bicyclic) bond motifs is 2. The second-order valence-corrected chi connectivity index (χ2v) is 10.8. The van der Waals surface area contributed by atoms with Gasteiger partial charge in [0.2, 0.25) is 5.95 Å². The average molecular weight is 536 g/mol. The number of anilines is 2. The highest BCUT2D eigenvalue weighted by Crippen LogP contribution is 2.36. The first kappa shape index (κ1) is 24.8. The summed E-state index contributed by atoms with van der Waals surface area (Å²) in [5.41, 5.74) is 8.18. The third-order valence-electron chi connectivity index (χ3n) is 8.23. The first-order chi connectivity index (χ1) is 19.6. The first-order valence-corrected chi connectivity index (χ1v) is 14.1. The van der Waals surface area contributed by atoms with Gasteiger partial charge in [0.1, 0.15) is 11.2 Å². The molecule has 4 heterocycles. The number of nitrogens with zero attached hydrogens (tertiary/aromatic N) is 6. The number of carbonyl (C=O) groups is 1. The van der Waals surface area contributed by atoms with Gasteiger partial charge in [0.15, 0.2) is 5.65 Å². The highest BCUT2D eigenvalue weighted by molar-refractivity contribution is 5.93. The van der Waals surface area contributed by atoms with Crippen molar-refractivity contribution >= 4 is 34.9 Å². The minimum atomic E-state index is -0.0528. The third kappa shape index (κ3) is 4.60. The maximum Gasteiger partial charge on any atom is 0.321 e. The van der Waals surface area contributed by atoms with Crippen LogP contribution in [0.4, 0.5) is 16.4 Å². The number of hydrogen-bond donors (Lipinski definition) is 1. The average Bonchev–Trinajstić information content (AvgIpc) is 3.66. The van der Waals surface area contributed by atoms with E-state index in [2.05, 4.69) is 45.1 Å². The van der Waals surface area contributed by atoms with Crippen LogP contribution in [0.1, 0.15) is 35.6 Å². The molecule has 2 aromatic heterocycles. The Morgan fingerprint density at radius 3 is 2.60 bits per heavy atom. The Morgan fingerprint density at radius 1 is 1.00 bits per heavy atom. The van der Waals surface area contributed by atoms with Crippen LogP contribution in [-0.4, -0.2) is 69.8 Å². The molecule has 1 N–H and O–H groups in total. The highest BCUT2D eigenvalue weighted by atomic mass is 16.5. The summed E-state index contributed by atoms with van der Waals surface area (Å²) in [6.45, 7) is 6.25. The van der Waals surface area contributed by atoms with E-state index in [0.29, 0.717) is 26.3 Å². The Balaban J connectivity index is 1.18. The largest absolute Gasteiger partial charge is 0.378 e. The molecule has 4 aromatic rings. The maximum absolute atomic E-state index is 12.9. The standard InChI is InChI=1S/C31H33N7O2/c1-21-8-10-23(11-9-21)33-31(39)37-14-12-24(13-15-37)38-20-32-28-27(26-7-3-5-22-4-2-6-25(22)26)34-30(35-29(28)38)36-16-18-40-19-17-36/h2-3,5-11,20,24H,4,12-19H2,1H3,(H,33,39). The molecule has 2 saturated heterocycles. The van der Waals surface area contributed by atoms with Gasteiger partial charge < -0.3 is 24.4 Å². The molecule has 1 aliphatic carbocycles. The van der Waals surface area contributed by atoms with E-state index in [0.717, 1.165) is 66.4 Å². The van der Waals surface area contributed by atoms with Crippen LogP contribution in [0.25, 0.3) is 28.5 Å². The Kier molecular flexibility index (Phi) is 6.43. The summed E-state index contributed by atoms with van der Waals surface area (Å²) in [7, 11) is 0. The summed E-state index contributed by atoms with van der Waals surface area (Å²) < 4.78 is 7.81. The Bertz CT molecular complexity index is 1580. The number of aryl methyl sites for hydroxylation is 1. The molecule has 2 aromatic carbocycles. The zero-order valence-corrected chi connectivity index (χ0v) is 22.7. The molecule has 9 heteroatoms. The van der Waals surface area contributed by atoms with Gasteiger partial charge in [-0.25, -0.2) is 14.8 Å². The van der Waals surface area contributed by atoms with Crippen molar-refractivity contribution in [1.82, 2.24) is 24.4 Å². The van der Waals surface area contributed by atoms with Crippen molar-refractivity contribution in [3.63, 3.8) is 0 Å². The molecule has 0 spiro atoms. The van der Waals surface area contributed by atoms with Gasteiger partial charge >= 0.3 is 6.03 Å². The Hall–Kier alpha value is -4.24. The monoisotopic (exact) mass is 535 g/mol. The number of urea groups is 1. The molecule has 40 heavy (non-hydrogen) atoms. The van der Waals surface area contributed by atoms with Crippen molar-refractivity contribution in [1.29, 1.82) is 0 Å². The van der Waals surface area contributed by atoms with Crippen molar-refractivity contribution in [3.05, 3.63) is 71.6 Å². The maximum atomic E-state index is 12.9. The Labute approximate surface area is 233 Å². The molecule has 2 amide bonds. The van der Waals surface area contributed by atoms with E-state index in [-0.39, 0.29) is 12.1 Å². The summed E-state index contributed by atoms with van der Waals surface area (Å²) in [5.74, 6) is 0.724. The summed E-state index contributed by atoms with van der Waals surface area (Å²) in [6.07, 6.45) is 8.93. The molecule has 2 aliphatic heterocycles. The first-order valence-electron chi connectivity index (χ1n) is 14.1. The van der Waals surface area contributed by atoms with Gasteiger partial charge in [-0.05, 0) is 49.4 Å². The van der Waals surface area contributed by atoms with Crippen LogP contribution in [0.5, 0.6) is 0 Å². The molecule has 9 nitrogen and oxygen atoms in total. The van der Waals surface area contributed by atoms with Crippen LogP contribution in [0.2, 0.25) is 0 Å². The number of nitrogens with one attached hydrogen (secondary N) is 1. The number of imidazole rings is 1. The van der Waals surface area contributed by atoms with Crippen molar-refractivity contribution in [3.8, 4) is 11.3 Å². The lowest BCUT2D eigenvalue weighted by molar-refractivity contribution is 0.122. The molecule has 0 radical (unpaired) electrons. The van der Waals surface area contributed by atoms with Gasteiger partial charge in [-0.2, -0.15) is 4.98 Å². The second-order valence-electron chi connectivity index (χ2n) is 10.8. The topological polar surface area (TPSA) is 88.4 Å². The quantitative estimate of drug-likeness (QED) is 0.392. The second kappa shape index (κ2) is 10.4. The molecule has 7 rings (SSSR count). The molecule has 3 aliphatic rings. The molecule has 2 fully saturated rings. The van der Waals surface area contributed by atoms with E-state index >= 15 is 0 Å². The summed E-state index contributed by atoms with van der Waals surface area (Å²) in [4.78, 5) is 32.1. The highest BCUT2D eigenvalue weighted by Gasteiger charge is 2.28. The fourth-order valence-electron chi connectivity index (χ4n) is 5.95. The minimum Gasteiger partial charge on any atom is -0.378 e. The molecule has 0 bridgehead atoms. The van der Waals surface area contributed by atoms with Crippen LogP contribution >= 0.6 is 0 Å². The predicted octanol–water partition coefficient (Wildman–Crippen LogP) is 5.08. The fourth-order valence-corrected chi connectivity index (χ4v) is 5.95. The molecule has 204 valence electrons. The van der Waals surface area contributed by atoms with Crippen molar-refractivity contribution in [2.45, 2.75) is 32.2 Å². The molecular formula is C31H33N7O2. The minimum absolute atomic E-state index is 0.0528. The summed E-state index contributed by atoms with van der Waals surface area (Å²) >= 11 is 0. The predicted molar refractivity (Wildman–Crippen MR) is 157 cm³/mol. The van der Waals surface area contributed by atoms with Crippen LogP contribution < -0.4 is 10.2 Å². The summed E-state index contributed by atoms with van der Waals surface area (Å²) in [6, 6.07) is 14.5. The van der Waals surface area contributed by atoms with Gasteiger partial charge in [0, 0.05) is 43.5 Å². The number of benzene rings is 2. The fraction of sp³-hybridized carbons (Fsp3) is 0.355. The van der Waals surface area contributed by atoms with Crippen molar-refractivity contribution < 1.29 is 9.53 Å². The van der Waals surface area contributed by atoms with E-state index in [9.17, 15) is 4.79 Å². The number of piperidine rings is 1. The van der Waals surface area contributed by atoms with Crippen LogP contribution in [0.15, 0.2) is 54.9 Å². The van der Waals surface area contributed by atoms with Crippen molar-refractivity contribution in [2.75, 3.05) is 49.6 Å². The Morgan fingerprint density at radius 2 is 1.80 bits per heavy atom. The zero-order valence-electron chi connectivity index (χ0n) is 22.7. The van der Waals surface area contributed by atoms with E-state index in [1.54, 1.807) is 0 Å². The number of ether oxygens (including phenoxy) is 1. The van der Waals surface area contributed by atoms with Gasteiger partial charge in [-0.3, -0.25) is 0 Å². The zero-order chi connectivity index (χ0) is 27.1. The van der Waals surface area contributed by atoms with Gasteiger partial charge in [-0.1, -0.05) is 48.0 Å². The number of rotatable bonds is 4. The SMILES string of the molecule is Cc1ccc(NC(=O)N2CCC(n3cnc4c(-c5cccc6c5C=CC6)nc(N5CCOCC5)nc43)CC2)cc1. The van der Waals surface area contributed by atoms with E-state index in [1.807, 2.05) is 42.4 Å². The number of morpholine rings is 1. The number of likely N-dealkylation sites (tertiary alicyclic amines) is 1. The molecular weight excluding hydrogens is 502 g/mol. The number of hydrogen-bond acceptors (Lipinski definition) is 6. The van der Waals surface area contributed by atoms with E-state index in [1.165, 1.54) is 16.7 Å². The number of amides is 2. The van der Waals surface area contributed by atoms with Gasteiger partial charge in [0.05, 0.1) is 19.5 Å². The number of aromatic nitrogens is 4. The number of carbonyl (C=O) groups excluding carboxylic acids is 1. The molecule has 0 saturated carbocycles. The lowest BCUT2D eigenvalue weighted by atomic mass is 10.00. The van der Waals surface area contributed by atoms with E-state index in [4.69, 9.17) is 19.7 Å². The van der Waals surface area contributed by atoms with Gasteiger partial charge in [-0.15, -0.1) is 0 Å². The van der Waals surface area contributed by atoms with Gasteiger partial charge in [0.25, 0.3) is 0 Å². The van der Waals surface area contributed by atoms with E-state index < -0.39 is 0 Å². The molecule has 0 unspecified atom stereocenters. The lowest BCUT2D eigenvalue weighted by Crippen LogP contribution is -2.41. The van der Waals surface area contributed by atoms with Crippen molar-refractivity contribution in [2.24, 2.45) is 0 Å². The normalized spacial score (nSPS) is 17.4.